The number of esters is 1. The van der Waals surface area contributed by atoms with Crippen molar-refractivity contribution in [2.75, 3.05) is 16.3 Å². The highest BCUT2D eigenvalue weighted by atomic mass is 16.5. The Balaban J connectivity index is 1.42. The molecule has 0 N–H and O–H groups in total. The zero-order chi connectivity index (χ0) is 20.5. The molecule has 2 aliphatic heterocycles. The summed E-state index contributed by atoms with van der Waals surface area (Å²) in [6, 6.07) is 13.8. The van der Waals surface area contributed by atoms with Crippen molar-refractivity contribution < 1.29 is 23.9 Å². The van der Waals surface area contributed by atoms with Crippen LogP contribution < -0.4 is 14.5 Å². The van der Waals surface area contributed by atoms with E-state index in [2.05, 4.69) is 0 Å². The predicted octanol–water partition coefficient (Wildman–Crippen LogP) is 2.61. The summed E-state index contributed by atoms with van der Waals surface area (Å²) in [7, 11) is 0. The maximum atomic E-state index is 12.5. The van der Waals surface area contributed by atoms with Crippen LogP contribution in [0.1, 0.15) is 24.8 Å². The normalized spacial score (nSPS) is 19.2. The highest BCUT2D eigenvalue weighted by molar-refractivity contribution is 6.19. The van der Waals surface area contributed by atoms with Gasteiger partial charge in [-0.15, -0.1) is 0 Å². The molecule has 2 aromatic carbocycles. The van der Waals surface area contributed by atoms with E-state index in [1.54, 1.807) is 29.2 Å². The molecule has 2 fully saturated rings. The first-order chi connectivity index (χ1) is 13.9. The third-order valence-corrected chi connectivity index (χ3v) is 5.23. The van der Waals surface area contributed by atoms with Crippen LogP contribution in [0.2, 0.25) is 0 Å². The number of amides is 3. The highest BCUT2D eigenvalue weighted by Crippen LogP contribution is 2.29. The average molecular weight is 392 g/mol. The fraction of sp³-hybridized carbons (Fsp3) is 0.273. The summed E-state index contributed by atoms with van der Waals surface area (Å²) in [6.07, 6.45) is 0.521. The molecule has 0 aromatic heterocycles. The molecule has 29 heavy (non-hydrogen) atoms. The van der Waals surface area contributed by atoms with Gasteiger partial charge in [-0.25, -0.2) is 0 Å². The molecular weight excluding hydrogens is 372 g/mol. The smallest absolute Gasteiger partial charge is 0.316 e. The molecule has 4 rings (SSSR count). The predicted molar refractivity (Wildman–Crippen MR) is 105 cm³/mol. The van der Waals surface area contributed by atoms with Gasteiger partial charge < -0.3 is 9.64 Å². The number of benzene rings is 2. The van der Waals surface area contributed by atoms with E-state index in [4.69, 9.17) is 4.74 Å². The van der Waals surface area contributed by atoms with Crippen molar-refractivity contribution in [1.29, 1.82) is 0 Å². The average Bonchev–Trinajstić information content (AvgIpc) is 3.25. The summed E-state index contributed by atoms with van der Waals surface area (Å²) < 4.78 is 5.43. The fourth-order valence-electron chi connectivity index (χ4n) is 3.69. The van der Waals surface area contributed by atoms with Crippen molar-refractivity contribution in [1.82, 2.24) is 0 Å². The largest absolute Gasteiger partial charge is 0.426 e. The van der Waals surface area contributed by atoms with Gasteiger partial charge >= 0.3 is 5.97 Å². The molecule has 1 atom stereocenters. The second-order valence-electron chi connectivity index (χ2n) is 7.23. The molecular formula is C22H20N2O5. The van der Waals surface area contributed by atoms with Crippen LogP contribution in [-0.4, -0.2) is 30.2 Å². The van der Waals surface area contributed by atoms with Crippen LogP contribution in [0, 0.1) is 12.8 Å². The molecule has 0 aliphatic carbocycles. The molecule has 2 aliphatic rings. The van der Waals surface area contributed by atoms with E-state index in [0.717, 1.165) is 16.2 Å². The number of hydrogen-bond acceptors (Lipinski definition) is 5. The van der Waals surface area contributed by atoms with Gasteiger partial charge in [0.15, 0.2) is 0 Å². The molecule has 0 spiro atoms. The lowest BCUT2D eigenvalue weighted by Crippen LogP contribution is -2.28. The Labute approximate surface area is 167 Å². The number of nitrogens with zero attached hydrogens (tertiary/aromatic N) is 2. The Hall–Kier alpha value is -3.48. The summed E-state index contributed by atoms with van der Waals surface area (Å²) in [4.78, 5) is 51.3. The topological polar surface area (TPSA) is 84.0 Å². The minimum atomic E-state index is -0.552. The quantitative estimate of drug-likeness (QED) is 0.454. The Morgan fingerprint density at radius 3 is 2.24 bits per heavy atom. The van der Waals surface area contributed by atoms with Gasteiger partial charge in [0.25, 0.3) is 0 Å². The molecule has 148 valence electrons. The van der Waals surface area contributed by atoms with E-state index in [0.29, 0.717) is 11.4 Å². The van der Waals surface area contributed by atoms with Crippen molar-refractivity contribution in [3.05, 3.63) is 54.1 Å². The van der Waals surface area contributed by atoms with E-state index < -0.39 is 11.9 Å². The minimum absolute atomic E-state index is 0.0992. The summed E-state index contributed by atoms with van der Waals surface area (Å²) in [5.74, 6) is -1.30. The van der Waals surface area contributed by atoms with Gasteiger partial charge in [-0.1, -0.05) is 18.2 Å². The summed E-state index contributed by atoms with van der Waals surface area (Å²) in [5, 5.41) is 0. The Bertz CT molecular complexity index is 983. The number of aryl methyl sites for hydroxylation is 1. The highest BCUT2D eigenvalue weighted by Gasteiger charge is 2.37. The van der Waals surface area contributed by atoms with Gasteiger partial charge in [-0.2, -0.15) is 0 Å². The number of rotatable bonds is 4. The lowest BCUT2D eigenvalue weighted by molar-refractivity contribution is -0.139. The molecule has 0 saturated carbocycles. The molecule has 2 heterocycles. The minimum Gasteiger partial charge on any atom is -0.426 e. The first-order valence-electron chi connectivity index (χ1n) is 9.47. The fourth-order valence-corrected chi connectivity index (χ4v) is 3.69. The van der Waals surface area contributed by atoms with Crippen LogP contribution in [0.25, 0.3) is 0 Å². The zero-order valence-electron chi connectivity index (χ0n) is 16.0. The zero-order valence-corrected chi connectivity index (χ0v) is 16.0. The Kier molecular flexibility index (Phi) is 4.88. The number of carbonyl (C=O) groups is 4. The second kappa shape index (κ2) is 7.50. The van der Waals surface area contributed by atoms with Crippen molar-refractivity contribution in [3.8, 4) is 5.75 Å². The lowest BCUT2D eigenvalue weighted by atomic mass is 10.1. The van der Waals surface area contributed by atoms with Gasteiger partial charge in [0.05, 0.1) is 11.6 Å². The van der Waals surface area contributed by atoms with E-state index in [-0.39, 0.29) is 43.5 Å². The number of anilines is 2. The van der Waals surface area contributed by atoms with E-state index in [9.17, 15) is 19.2 Å². The number of carbonyl (C=O) groups excluding carboxylic acids is 4. The first kappa shape index (κ1) is 18.9. The molecule has 3 amide bonds. The maximum Gasteiger partial charge on any atom is 0.316 e. The van der Waals surface area contributed by atoms with Crippen molar-refractivity contribution in [2.45, 2.75) is 26.2 Å². The molecule has 0 radical (unpaired) electrons. The van der Waals surface area contributed by atoms with Crippen LogP contribution in [0.15, 0.2) is 48.5 Å². The van der Waals surface area contributed by atoms with Crippen molar-refractivity contribution in [2.24, 2.45) is 5.92 Å². The van der Waals surface area contributed by atoms with Crippen LogP contribution >= 0.6 is 0 Å². The van der Waals surface area contributed by atoms with Gasteiger partial charge in [0.2, 0.25) is 17.7 Å². The van der Waals surface area contributed by atoms with Gasteiger partial charge in [-0.05, 0) is 42.8 Å². The van der Waals surface area contributed by atoms with Crippen molar-refractivity contribution >= 4 is 35.1 Å². The van der Waals surface area contributed by atoms with Gasteiger partial charge in [-0.3, -0.25) is 24.1 Å². The van der Waals surface area contributed by atoms with Crippen LogP contribution in [-0.2, 0) is 19.2 Å². The van der Waals surface area contributed by atoms with Crippen LogP contribution in [0.3, 0.4) is 0 Å². The summed E-state index contributed by atoms with van der Waals surface area (Å²) in [5.41, 5.74) is 2.23. The maximum absolute atomic E-state index is 12.5. The number of para-hydroxylation sites is 1. The standard InChI is InChI=1S/C22H20N2O5/c1-14-4-2-3-5-18(14)23-13-15(12-21(23)27)22(28)29-17-8-6-16(7-9-17)24-19(25)10-11-20(24)26/h2-9,15H,10-13H2,1H3/t15-/m1/s1. The Morgan fingerprint density at radius 1 is 0.931 bits per heavy atom. The van der Waals surface area contributed by atoms with Gasteiger partial charge in [0.1, 0.15) is 5.75 Å². The molecule has 7 heteroatoms. The monoisotopic (exact) mass is 392 g/mol. The molecule has 7 nitrogen and oxygen atoms in total. The molecule has 2 aromatic rings. The first-order valence-corrected chi connectivity index (χ1v) is 9.47. The number of imide groups is 1. The van der Waals surface area contributed by atoms with E-state index >= 15 is 0 Å². The molecule has 0 unspecified atom stereocenters. The van der Waals surface area contributed by atoms with E-state index in [1.807, 2.05) is 31.2 Å². The molecule has 2 saturated heterocycles. The van der Waals surface area contributed by atoms with E-state index in [1.165, 1.54) is 0 Å². The van der Waals surface area contributed by atoms with Gasteiger partial charge in [0, 0.05) is 31.5 Å². The number of hydrogen-bond donors (Lipinski definition) is 0. The Morgan fingerprint density at radius 2 is 1.59 bits per heavy atom. The van der Waals surface area contributed by atoms with Crippen LogP contribution in [0.5, 0.6) is 5.75 Å². The summed E-state index contributed by atoms with van der Waals surface area (Å²) in [6.45, 7) is 2.20. The molecule has 0 bridgehead atoms. The second-order valence-corrected chi connectivity index (χ2v) is 7.23. The SMILES string of the molecule is Cc1ccccc1N1C[C@H](C(=O)Oc2ccc(N3C(=O)CCC3=O)cc2)CC1=O. The van der Waals surface area contributed by atoms with Crippen molar-refractivity contribution in [3.63, 3.8) is 0 Å². The summed E-state index contributed by atoms with van der Waals surface area (Å²) >= 11 is 0. The van der Waals surface area contributed by atoms with Crippen LogP contribution in [0.4, 0.5) is 11.4 Å². The lowest BCUT2D eigenvalue weighted by Gasteiger charge is -2.18. The third-order valence-electron chi connectivity index (χ3n) is 5.23. The number of ether oxygens (including phenoxy) is 1. The third kappa shape index (κ3) is 3.63.